The van der Waals surface area contributed by atoms with Crippen LogP contribution >= 0.6 is 0 Å². The van der Waals surface area contributed by atoms with Crippen LogP contribution in [0.4, 0.5) is 11.6 Å². The first-order chi connectivity index (χ1) is 7.93. The van der Waals surface area contributed by atoms with Crippen molar-refractivity contribution in [1.82, 2.24) is 0 Å². The number of H-pyrrole nitrogens is 1. The average Bonchev–Trinajstić information content (AvgIpc) is 3.03. The molecule has 0 aromatic carbocycles. The molecule has 0 aliphatic carbocycles. The number of pyridine rings is 1. The minimum Gasteiger partial charge on any atom is -1.00 e. The Morgan fingerprint density at radius 3 is 1.56 bits per heavy atom. The molecule has 2 saturated heterocycles. The normalized spacial score (nSPS) is 18.4. The zero-order valence-corrected chi connectivity index (χ0v) is 11.4. The zero-order valence-electron chi connectivity index (χ0n) is 10.7. The van der Waals surface area contributed by atoms with Crippen molar-refractivity contribution in [3.8, 4) is 0 Å². The van der Waals surface area contributed by atoms with E-state index in [0.29, 0.717) is 0 Å². The molecule has 2 aliphatic heterocycles. The van der Waals surface area contributed by atoms with Gasteiger partial charge in [-0.3, -0.25) is 9.80 Å². The molecule has 4 nitrogen and oxygen atoms in total. The smallest absolute Gasteiger partial charge is 0.221 e. The molecule has 2 aliphatic rings. The van der Waals surface area contributed by atoms with Crippen LogP contribution in [0.15, 0.2) is 18.2 Å². The molecule has 1 aromatic heterocycles. The summed E-state index contributed by atoms with van der Waals surface area (Å²) in [5, 5.41) is 0. The molecule has 0 amide bonds. The third-order valence-corrected chi connectivity index (χ3v) is 3.66. The lowest BCUT2D eigenvalue weighted by atomic mass is 10.4. The second kappa shape index (κ2) is 6.81. The number of aromatic nitrogens is 1. The maximum atomic E-state index is 3.58. The van der Waals surface area contributed by atoms with Crippen LogP contribution in [0.3, 0.4) is 0 Å². The van der Waals surface area contributed by atoms with E-state index in [1.54, 1.807) is 0 Å². The number of hydrogen-bond donors (Lipinski definition) is 0. The van der Waals surface area contributed by atoms with Gasteiger partial charge in [0.1, 0.15) is 0 Å². The largest absolute Gasteiger partial charge is 1.00 e. The Labute approximate surface area is 115 Å². The van der Waals surface area contributed by atoms with Crippen molar-refractivity contribution in [2.75, 3.05) is 36.0 Å². The van der Waals surface area contributed by atoms with Gasteiger partial charge in [-0.15, -0.1) is 0 Å². The summed E-state index contributed by atoms with van der Waals surface area (Å²) in [6, 6.07) is 6.58. The Morgan fingerprint density at radius 2 is 1.17 bits per heavy atom. The summed E-state index contributed by atoms with van der Waals surface area (Å²) in [4.78, 5) is 8.50. The standard InChI is InChI=1S/C13H19N3.ClH.H2O/c1-2-9-15(8-1)12-6-5-7-13(14-12)16-10-3-4-11-16;;/h5-7H,1-4,8-11H2;1H;1H2. The molecule has 0 saturated carbocycles. The lowest BCUT2D eigenvalue weighted by molar-refractivity contribution is -0.349. The lowest BCUT2D eigenvalue weighted by Gasteiger charge is -2.15. The predicted molar refractivity (Wildman–Crippen MR) is 69.5 cm³/mol. The summed E-state index contributed by atoms with van der Waals surface area (Å²) in [6.07, 6.45) is 5.34. The summed E-state index contributed by atoms with van der Waals surface area (Å²) in [5.41, 5.74) is 0. The van der Waals surface area contributed by atoms with Gasteiger partial charge in [0, 0.05) is 12.1 Å². The molecule has 0 unspecified atom stereocenters. The Bertz CT molecular complexity index is 332. The molecule has 0 bridgehead atoms. The van der Waals surface area contributed by atoms with Crippen LogP contribution in [0.1, 0.15) is 25.7 Å². The van der Waals surface area contributed by atoms with Crippen molar-refractivity contribution in [2.24, 2.45) is 0 Å². The third-order valence-electron chi connectivity index (χ3n) is 3.66. The molecule has 102 valence electrons. The summed E-state index contributed by atoms with van der Waals surface area (Å²) in [5.74, 6) is 2.59. The molecular formula is C13H22ClN3O. The van der Waals surface area contributed by atoms with Crippen molar-refractivity contribution >= 4 is 11.6 Å². The number of nitrogens with one attached hydrogen (secondary N) is 1. The SMILES string of the molecule is O.[Cl-].c1cc(N2CCCC2)[nH+]c(N2CCCC2)c1. The number of halogens is 1. The first-order valence-corrected chi connectivity index (χ1v) is 6.46. The van der Waals surface area contributed by atoms with Crippen LogP contribution in [0.2, 0.25) is 0 Å². The molecular weight excluding hydrogens is 250 g/mol. The summed E-state index contributed by atoms with van der Waals surface area (Å²) < 4.78 is 0. The molecule has 18 heavy (non-hydrogen) atoms. The maximum Gasteiger partial charge on any atom is 0.221 e. The molecule has 0 spiro atoms. The summed E-state index contributed by atoms with van der Waals surface area (Å²) in [7, 11) is 0. The van der Waals surface area contributed by atoms with E-state index in [2.05, 4.69) is 33.0 Å². The van der Waals surface area contributed by atoms with Crippen molar-refractivity contribution in [1.29, 1.82) is 0 Å². The first-order valence-electron chi connectivity index (χ1n) is 6.46. The number of rotatable bonds is 2. The number of aromatic amines is 1. The van der Waals surface area contributed by atoms with Gasteiger partial charge in [0.25, 0.3) is 0 Å². The van der Waals surface area contributed by atoms with Gasteiger partial charge in [0.05, 0.1) is 26.2 Å². The highest BCUT2D eigenvalue weighted by molar-refractivity contribution is 5.41. The van der Waals surface area contributed by atoms with Crippen LogP contribution in [-0.2, 0) is 0 Å². The second-order valence-corrected chi connectivity index (χ2v) is 4.81. The van der Waals surface area contributed by atoms with Crippen LogP contribution < -0.4 is 27.2 Å². The first kappa shape index (κ1) is 15.1. The van der Waals surface area contributed by atoms with Gasteiger partial charge in [-0.05, 0) is 31.7 Å². The second-order valence-electron chi connectivity index (χ2n) is 4.81. The van der Waals surface area contributed by atoms with Crippen LogP contribution in [0.5, 0.6) is 0 Å². The van der Waals surface area contributed by atoms with Crippen molar-refractivity contribution < 1.29 is 22.9 Å². The molecule has 3 heterocycles. The number of nitrogens with zero attached hydrogens (tertiary/aromatic N) is 2. The van der Waals surface area contributed by atoms with Gasteiger partial charge in [-0.2, -0.15) is 0 Å². The van der Waals surface area contributed by atoms with Crippen molar-refractivity contribution in [3.63, 3.8) is 0 Å². The van der Waals surface area contributed by atoms with Crippen molar-refractivity contribution in [3.05, 3.63) is 18.2 Å². The van der Waals surface area contributed by atoms with E-state index in [1.165, 1.54) is 63.5 Å². The highest BCUT2D eigenvalue weighted by Crippen LogP contribution is 2.19. The monoisotopic (exact) mass is 271 g/mol. The third kappa shape index (κ3) is 3.06. The van der Waals surface area contributed by atoms with E-state index in [0.717, 1.165) is 0 Å². The van der Waals surface area contributed by atoms with E-state index in [-0.39, 0.29) is 17.9 Å². The molecule has 0 atom stereocenters. The topological polar surface area (TPSA) is 52.1 Å². The fourth-order valence-electron chi connectivity index (χ4n) is 2.73. The van der Waals surface area contributed by atoms with Crippen LogP contribution in [-0.4, -0.2) is 31.7 Å². The highest BCUT2D eigenvalue weighted by atomic mass is 35.5. The molecule has 2 fully saturated rings. The average molecular weight is 272 g/mol. The Morgan fingerprint density at radius 1 is 0.778 bits per heavy atom. The lowest BCUT2D eigenvalue weighted by Crippen LogP contribution is -3.00. The van der Waals surface area contributed by atoms with Gasteiger partial charge < -0.3 is 17.9 Å². The van der Waals surface area contributed by atoms with Crippen molar-refractivity contribution in [2.45, 2.75) is 25.7 Å². The zero-order chi connectivity index (χ0) is 10.8. The van der Waals surface area contributed by atoms with Gasteiger partial charge in [-0.1, -0.05) is 0 Å². The fraction of sp³-hybridized carbons (Fsp3) is 0.615. The van der Waals surface area contributed by atoms with Gasteiger partial charge in [-0.25, -0.2) is 4.98 Å². The molecule has 3 rings (SSSR count). The summed E-state index contributed by atoms with van der Waals surface area (Å²) in [6.45, 7) is 4.83. The molecule has 3 N–H and O–H groups in total. The van der Waals surface area contributed by atoms with E-state index < -0.39 is 0 Å². The molecule has 1 aromatic rings. The minimum atomic E-state index is 0. The Kier molecular flexibility index (Phi) is 5.69. The molecule has 5 heteroatoms. The highest BCUT2D eigenvalue weighted by Gasteiger charge is 2.21. The van der Waals surface area contributed by atoms with Gasteiger partial charge in [0.2, 0.25) is 11.6 Å². The minimum absolute atomic E-state index is 0. The Balaban J connectivity index is 0.000000810. The van der Waals surface area contributed by atoms with E-state index in [1.807, 2.05) is 0 Å². The van der Waals surface area contributed by atoms with Gasteiger partial charge in [0.15, 0.2) is 0 Å². The number of hydrogen-bond acceptors (Lipinski definition) is 2. The number of anilines is 2. The summed E-state index contributed by atoms with van der Waals surface area (Å²) >= 11 is 0. The Hall–Kier alpha value is -1.00. The van der Waals surface area contributed by atoms with Gasteiger partial charge >= 0.3 is 0 Å². The van der Waals surface area contributed by atoms with Crippen LogP contribution in [0.25, 0.3) is 0 Å². The maximum absolute atomic E-state index is 3.58. The quantitative estimate of drug-likeness (QED) is 0.618. The van der Waals surface area contributed by atoms with E-state index in [4.69, 9.17) is 0 Å². The fourth-order valence-corrected chi connectivity index (χ4v) is 2.73. The van der Waals surface area contributed by atoms with E-state index >= 15 is 0 Å². The van der Waals surface area contributed by atoms with E-state index in [9.17, 15) is 0 Å². The molecule has 0 radical (unpaired) electrons. The predicted octanol–water partition coefficient (Wildman–Crippen LogP) is -2.12. The van der Waals surface area contributed by atoms with Crippen LogP contribution in [0, 0.1) is 0 Å².